The predicted octanol–water partition coefficient (Wildman–Crippen LogP) is 2.09. The predicted molar refractivity (Wildman–Crippen MR) is 67.7 cm³/mol. The van der Waals surface area contributed by atoms with Gasteiger partial charge >= 0.3 is 5.97 Å². The van der Waals surface area contributed by atoms with Crippen LogP contribution in [0.4, 0.5) is 0 Å². The number of nitrogens with zero attached hydrogens (tertiary/aromatic N) is 1. The molecule has 0 saturated heterocycles. The van der Waals surface area contributed by atoms with E-state index < -0.39 is 5.92 Å². The van der Waals surface area contributed by atoms with Crippen LogP contribution in [0.1, 0.15) is 5.76 Å². The topological polar surface area (TPSA) is 61.6 Å². The second-order valence-electron chi connectivity index (χ2n) is 4.00. The van der Waals surface area contributed by atoms with Gasteiger partial charge in [0.25, 0.3) is 0 Å². The Labute approximate surface area is 111 Å². The first kappa shape index (κ1) is 13.1. The number of aromatic nitrogens is 1. The third-order valence-electron chi connectivity index (χ3n) is 2.65. The van der Waals surface area contributed by atoms with Crippen molar-refractivity contribution in [2.45, 2.75) is 6.42 Å². The summed E-state index contributed by atoms with van der Waals surface area (Å²) < 4.78 is 15.5. The summed E-state index contributed by atoms with van der Waals surface area (Å²) in [6, 6.07) is 7.16. The lowest BCUT2D eigenvalue weighted by Gasteiger charge is -2.14. The number of hydrogen-bond donors (Lipinski definition) is 0. The van der Waals surface area contributed by atoms with Gasteiger partial charge in [0.05, 0.1) is 25.5 Å². The Morgan fingerprint density at radius 1 is 1.42 bits per heavy atom. The number of methoxy groups -OCH3 is 1. The second-order valence-corrected chi connectivity index (χ2v) is 4.00. The first-order chi connectivity index (χ1) is 9.29. The fraction of sp³-hybridized carbons (Fsp3) is 0.286. The highest BCUT2D eigenvalue weighted by Gasteiger charge is 2.22. The van der Waals surface area contributed by atoms with Gasteiger partial charge in [0.15, 0.2) is 0 Å². The minimum atomic E-state index is -0.406. The first-order valence-electron chi connectivity index (χ1n) is 5.92. The average Bonchev–Trinajstić information content (AvgIpc) is 2.96. The summed E-state index contributed by atoms with van der Waals surface area (Å²) in [5, 5.41) is 0. The molecule has 2 aromatic heterocycles. The highest BCUT2D eigenvalue weighted by atomic mass is 16.5. The normalized spacial score (nSPS) is 11.8. The van der Waals surface area contributed by atoms with Gasteiger partial charge in [-0.25, -0.2) is 0 Å². The quantitative estimate of drug-likeness (QED) is 0.745. The summed E-state index contributed by atoms with van der Waals surface area (Å²) in [5.74, 6) is 0.623. The third kappa shape index (κ3) is 3.84. The summed E-state index contributed by atoms with van der Waals surface area (Å²) >= 11 is 0. The Kier molecular flexibility index (Phi) is 4.55. The minimum Gasteiger partial charge on any atom is -0.491 e. The van der Waals surface area contributed by atoms with Crippen molar-refractivity contribution < 1.29 is 18.7 Å². The SMILES string of the molecule is COC(=O)C(COc1cccnc1)Cc1ccco1. The van der Waals surface area contributed by atoms with Crippen molar-refractivity contribution in [3.8, 4) is 5.75 Å². The number of carbonyl (C=O) groups is 1. The first-order valence-corrected chi connectivity index (χ1v) is 5.92. The Balaban J connectivity index is 1.96. The summed E-state index contributed by atoms with van der Waals surface area (Å²) in [4.78, 5) is 15.6. The van der Waals surface area contributed by atoms with Crippen LogP contribution in [-0.2, 0) is 16.0 Å². The zero-order valence-electron chi connectivity index (χ0n) is 10.6. The van der Waals surface area contributed by atoms with Crippen molar-refractivity contribution in [3.05, 3.63) is 48.7 Å². The number of pyridine rings is 1. The van der Waals surface area contributed by atoms with Crippen LogP contribution in [0.2, 0.25) is 0 Å². The van der Waals surface area contributed by atoms with E-state index in [1.165, 1.54) is 7.11 Å². The zero-order valence-corrected chi connectivity index (χ0v) is 10.6. The van der Waals surface area contributed by atoms with E-state index in [0.29, 0.717) is 12.2 Å². The number of ether oxygens (including phenoxy) is 2. The number of rotatable bonds is 6. The maximum atomic E-state index is 11.7. The van der Waals surface area contributed by atoms with Crippen molar-refractivity contribution in [2.75, 3.05) is 13.7 Å². The van der Waals surface area contributed by atoms with Crippen LogP contribution in [0.5, 0.6) is 5.75 Å². The van der Waals surface area contributed by atoms with Crippen molar-refractivity contribution in [3.63, 3.8) is 0 Å². The Morgan fingerprint density at radius 2 is 2.32 bits per heavy atom. The van der Waals surface area contributed by atoms with E-state index in [1.54, 1.807) is 36.9 Å². The Morgan fingerprint density at radius 3 is 2.95 bits per heavy atom. The van der Waals surface area contributed by atoms with E-state index in [-0.39, 0.29) is 12.6 Å². The molecule has 0 aliphatic rings. The van der Waals surface area contributed by atoms with Crippen LogP contribution in [0, 0.1) is 5.92 Å². The lowest BCUT2D eigenvalue weighted by atomic mass is 10.1. The maximum Gasteiger partial charge on any atom is 0.312 e. The molecule has 2 aromatic rings. The van der Waals surface area contributed by atoms with E-state index in [0.717, 1.165) is 5.76 Å². The van der Waals surface area contributed by atoms with Gasteiger partial charge in [-0.3, -0.25) is 9.78 Å². The van der Waals surface area contributed by atoms with Crippen LogP contribution in [0.3, 0.4) is 0 Å². The summed E-state index contributed by atoms with van der Waals surface area (Å²) in [6.45, 7) is 0.221. The van der Waals surface area contributed by atoms with Crippen LogP contribution in [0.25, 0.3) is 0 Å². The maximum absolute atomic E-state index is 11.7. The minimum absolute atomic E-state index is 0.221. The molecule has 0 N–H and O–H groups in total. The van der Waals surface area contributed by atoms with Gasteiger partial charge < -0.3 is 13.9 Å². The molecule has 0 amide bonds. The smallest absolute Gasteiger partial charge is 0.312 e. The number of esters is 1. The van der Waals surface area contributed by atoms with Gasteiger partial charge in [-0.2, -0.15) is 0 Å². The molecule has 0 spiro atoms. The van der Waals surface area contributed by atoms with Crippen LogP contribution in [0.15, 0.2) is 47.3 Å². The summed E-state index contributed by atoms with van der Waals surface area (Å²) in [5.41, 5.74) is 0. The average molecular weight is 261 g/mol. The molecular weight excluding hydrogens is 246 g/mol. The molecule has 5 nitrogen and oxygen atoms in total. The monoisotopic (exact) mass is 261 g/mol. The van der Waals surface area contributed by atoms with Gasteiger partial charge in [-0.15, -0.1) is 0 Å². The molecule has 0 bridgehead atoms. The van der Waals surface area contributed by atoms with Gasteiger partial charge in [-0.1, -0.05) is 0 Å². The Hall–Kier alpha value is -2.30. The number of furan rings is 1. The van der Waals surface area contributed by atoms with Crippen LogP contribution >= 0.6 is 0 Å². The molecule has 0 aromatic carbocycles. The lowest BCUT2D eigenvalue weighted by Crippen LogP contribution is -2.25. The molecule has 5 heteroatoms. The van der Waals surface area contributed by atoms with E-state index in [4.69, 9.17) is 13.9 Å². The Bertz CT molecular complexity index is 495. The van der Waals surface area contributed by atoms with Crippen LogP contribution < -0.4 is 4.74 Å². The van der Waals surface area contributed by atoms with Crippen molar-refractivity contribution >= 4 is 5.97 Å². The molecule has 0 aliphatic heterocycles. The summed E-state index contributed by atoms with van der Waals surface area (Å²) in [6.07, 6.45) is 5.28. The van der Waals surface area contributed by atoms with Gasteiger partial charge in [0.2, 0.25) is 0 Å². The molecule has 100 valence electrons. The third-order valence-corrected chi connectivity index (χ3v) is 2.65. The summed E-state index contributed by atoms with van der Waals surface area (Å²) in [7, 11) is 1.36. The molecule has 1 atom stereocenters. The fourth-order valence-corrected chi connectivity index (χ4v) is 1.68. The van der Waals surface area contributed by atoms with E-state index in [2.05, 4.69) is 4.98 Å². The molecule has 0 fully saturated rings. The highest BCUT2D eigenvalue weighted by molar-refractivity contribution is 5.72. The number of carbonyl (C=O) groups excluding carboxylic acids is 1. The largest absolute Gasteiger partial charge is 0.491 e. The van der Waals surface area contributed by atoms with Crippen LogP contribution in [-0.4, -0.2) is 24.7 Å². The standard InChI is InChI=1S/C14H15NO4/c1-17-14(16)11(8-12-5-3-7-18-12)10-19-13-4-2-6-15-9-13/h2-7,9,11H,8,10H2,1H3. The van der Waals surface area contributed by atoms with Crippen molar-refractivity contribution in [1.29, 1.82) is 0 Å². The second kappa shape index (κ2) is 6.58. The molecule has 2 rings (SSSR count). The molecule has 2 heterocycles. The number of hydrogen-bond acceptors (Lipinski definition) is 5. The van der Waals surface area contributed by atoms with Gasteiger partial charge in [-0.05, 0) is 24.3 Å². The van der Waals surface area contributed by atoms with E-state index in [1.807, 2.05) is 6.07 Å². The molecule has 19 heavy (non-hydrogen) atoms. The molecular formula is C14H15NO4. The molecule has 0 aliphatic carbocycles. The molecule has 1 unspecified atom stereocenters. The van der Waals surface area contributed by atoms with Gasteiger partial charge in [0.1, 0.15) is 18.1 Å². The molecule has 0 saturated carbocycles. The van der Waals surface area contributed by atoms with Crippen molar-refractivity contribution in [2.24, 2.45) is 5.92 Å². The van der Waals surface area contributed by atoms with E-state index in [9.17, 15) is 4.79 Å². The zero-order chi connectivity index (χ0) is 13.5. The lowest BCUT2D eigenvalue weighted by molar-refractivity contribution is -0.146. The van der Waals surface area contributed by atoms with E-state index >= 15 is 0 Å². The fourth-order valence-electron chi connectivity index (χ4n) is 1.68. The van der Waals surface area contributed by atoms with Crippen molar-refractivity contribution in [1.82, 2.24) is 4.98 Å². The van der Waals surface area contributed by atoms with Gasteiger partial charge in [0, 0.05) is 12.6 Å². The highest BCUT2D eigenvalue weighted by Crippen LogP contribution is 2.14. The molecule has 0 radical (unpaired) electrons.